The first-order valence-corrected chi connectivity index (χ1v) is 22.1. The Labute approximate surface area is 377 Å². The van der Waals surface area contributed by atoms with Gasteiger partial charge >= 0.3 is 0 Å². The normalized spacial score (nSPS) is 14.2. The van der Waals surface area contributed by atoms with Gasteiger partial charge in [0.15, 0.2) is 17.5 Å². The second-order valence-corrected chi connectivity index (χ2v) is 16.9. The first kappa shape index (κ1) is 37.0. The van der Waals surface area contributed by atoms with Gasteiger partial charge in [-0.1, -0.05) is 212 Å². The van der Waals surface area contributed by atoms with Crippen molar-refractivity contribution >= 4 is 10.9 Å². The van der Waals surface area contributed by atoms with Crippen LogP contribution in [0.3, 0.4) is 0 Å². The summed E-state index contributed by atoms with van der Waals surface area (Å²) >= 11 is 0. The van der Waals surface area contributed by atoms with Crippen molar-refractivity contribution in [2.45, 2.75) is 5.41 Å². The molecule has 0 fully saturated rings. The van der Waals surface area contributed by atoms with E-state index in [1.807, 2.05) is 60.7 Å². The number of hydrogen-bond donors (Lipinski definition) is 0. The highest BCUT2D eigenvalue weighted by Crippen LogP contribution is 2.66. The molecule has 13 rings (SSSR count). The maximum Gasteiger partial charge on any atom is 0.164 e. The molecule has 0 N–H and O–H groups in total. The van der Waals surface area contributed by atoms with Crippen molar-refractivity contribution in [1.29, 1.82) is 0 Å². The second-order valence-electron chi connectivity index (χ2n) is 16.9. The van der Waals surface area contributed by atoms with E-state index in [-0.39, 0.29) is 0 Å². The van der Waals surface area contributed by atoms with Gasteiger partial charge in [0.2, 0.25) is 0 Å². The van der Waals surface area contributed by atoms with E-state index in [4.69, 9.17) is 19.9 Å². The highest BCUT2D eigenvalue weighted by atomic mass is 15.0. The molecule has 9 aromatic carbocycles. The second kappa shape index (κ2) is 14.8. The average Bonchev–Trinajstić information content (AvgIpc) is 3.87. The minimum absolute atomic E-state index is 0.562. The van der Waals surface area contributed by atoms with Crippen LogP contribution in [0.4, 0.5) is 0 Å². The molecule has 0 radical (unpaired) electrons. The summed E-state index contributed by atoms with van der Waals surface area (Å²) in [6.45, 7) is 0. The minimum Gasteiger partial charge on any atom is -0.247 e. The summed E-state index contributed by atoms with van der Waals surface area (Å²) in [5.74, 6) is 1.92. The Morgan fingerprint density at radius 2 is 0.708 bits per heavy atom. The van der Waals surface area contributed by atoms with Crippen molar-refractivity contribution in [2.24, 2.45) is 0 Å². The van der Waals surface area contributed by atoms with E-state index in [2.05, 4.69) is 170 Å². The molecule has 2 aliphatic rings. The van der Waals surface area contributed by atoms with Gasteiger partial charge in [-0.2, -0.15) is 0 Å². The number of aromatic nitrogens is 4. The van der Waals surface area contributed by atoms with Crippen LogP contribution in [0.1, 0.15) is 22.3 Å². The van der Waals surface area contributed by atoms with Crippen molar-refractivity contribution in [3.8, 4) is 89.9 Å². The standard InChI is InChI=1S/C61H38N4/c1-4-19-39(20-5-1)57-55-48-30-11-14-34-51(48)61(56(55)49-31-12-15-36-53(49)62-57)50-33-13-10-29-47(50)54-46(32-18-35-52(54)61)44-27-16-25-42(37-44)43-26-17-28-45(38-43)60-64-58(40-21-6-2-7-22-40)63-59(65-60)41-23-8-3-9-24-41/h1-38H. The van der Waals surface area contributed by atoms with Crippen molar-refractivity contribution in [3.05, 3.63) is 253 Å². The van der Waals surface area contributed by atoms with Crippen molar-refractivity contribution in [2.75, 3.05) is 0 Å². The Balaban J connectivity index is 0.989. The lowest BCUT2D eigenvalue weighted by Crippen LogP contribution is -2.26. The first-order valence-electron chi connectivity index (χ1n) is 22.1. The molecule has 1 spiro atoms. The Bertz CT molecular complexity index is 3600. The summed E-state index contributed by atoms with van der Waals surface area (Å²) in [4.78, 5) is 20.4. The number of fused-ring (bicyclic) bond motifs is 12. The summed E-state index contributed by atoms with van der Waals surface area (Å²) < 4.78 is 0. The third-order valence-corrected chi connectivity index (χ3v) is 13.3. The molecule has 1 unspecified atom stereocenters. The van der Waals surface area contributed by atoms with E-state index < -0.39 is 5.41 Å². The molecule has 11 aromatic rings. The summed E-state index contributed by atoms with van der Waals surface area (Å²) in [5.41, 5.74) is 20.1. The van der Waals surface area contributed by atoms with E-state index in [0.717, 1.165) is 50.2 Å². The predicted octanol–water partition coefficient (Wildman–Crippen LogP) is 14.8. The highest BCUT2D eigenvalue weighted by molar-refractivity contribution is 6.08. The van der Waals surface area contributed by atoms with E-state index in [1.54, 1.807) is 0 Å². The quantitative estimate of drug-likeness (QED) is 0.168. The van der Waals surface area contributed by atoms with E-state index in [9.17, 15) is 0 Å². The Kier molecular flexibility index (Phi) is 8.40. The first-order chi connectivity index (χ1) is 32.2. The Morgan fingerprint density at radius 1 is 0.277 bits per heavy atom. The molecule has 2 aliphatic carbocycles. The summed E-state index contributed by atoms with van der Waals surface area (Å²) in [5, 5.41) is 1.18. The molecule has 0 aliphatic heterocycles. The monoisotopic (exact) mass is 826 g/mol. The van der Waals surface area contributed by atoms with Gasteiger partial charge in [-0.05, 0) is 79.4 Å². The summed E-state index contributed by atoms with van der Waals surface area (Å²) in [6, 6.07) is 82.2. The largest absolute Gasteiger partial charge is 0.247 e. The molecule has 65 heavy (non-hydrogen) atoms. The van der Waals surface area contributed by atoms with Gasteiger partial charge in [-0.15, -0.1) is 0 Å². The fourth-order valence-electron chi connectivity index (χ4n) is 10.6. The van der Waals surface area contributed by atoms with Crippen LogP contribution < -0.4 is 0 Å². The number of para-hydroxylation sites is 1. The smallest absolute Gasteiger partial charge is 0.164 e. The molecule has 2 heterocycles. The van der Waals surface area contributed by atoms with Crippen LogP contribution in [0, 0.1) is 0 Å². The third-order valence-electron chi connectivity index (χ3n) is 13.3. The predicted molar refractivity (Wildman–Crippen MR) is 264 cm³/mol. The highest BCUT2D eigenvalue weighted by Gasteiger charge is 2.53. The molecule has 302 valence electrons. The van der Waals surface area contributed by atoms with Gasteiger partial charge in [0.1, 0.15) is 0 Å². The maximum absolute atomic E-state index is 5.44. The van der Waals surface area contributed by atoms with Crippen molar-refractivity contribution < 1.29 is 0 Å². The summed E-state index contributed by atoms with van der Waals surface area (Å²) in [6.07, 6.45) is 0. The van der Waals surface area contributed by atoms with Gasteiger partial charge in [-0.3, -0.25) is 0 Å². The lowest BCUT2D eigenvalue weighted by molar-refractivity contribution is 0.801. The molecule has 0 saturated carbocycles. The molecule has 2 aromatic heterocycles. The zero-order chi connectivity index (χ0) is 42.9. The Morgan fingerprint density at radius 3 is 1.35 bits per heavy atom. The molecule has 1 atom stereocenters. The maximum atomic E-state index is 5.44. The van der Waals surface area contributed by atoms with E-state index in [1.165, 1.54) is 55.5 Å². The van der Waals surface area contributed by atoms with Gasteiger partial charge in [0.05, 0.1) is 16.6 Å². The average molecular weight is 827 g/mol. The SMILES string of the molecule is c1ccc(-c2nc(-c3ccccc3)nc(-c3cccc(-c4cccc(-c5cccc6c5-c5ccccc5C65c6ccccc6-c6c(-c7ccccc7)nc7ccccc7c65)c4)c3)n2)cc1. The van der Waals surface area contributed by atoms with E-state index in [0.29, 0.717) is 17.5 Å². The number of nitrogens with zero attached hydrogens (tertiary/aromatic N) is 4. The van der Waals surface area contributed by atoms with Gasteiger partial charge in [0.25, 0.3) is 0 Å². The number of benzene rings is 9. The van der Waals surface area contributed by atoms with Gasteiger partial charge < -0.3 is 0 Å². The molecule has 0 saturated heterocycles. The fourth-order valence-corrected chi connectivity index (χ4v) is 10.6. The van der Waals surface area contributed by atoms with Crippen LogP contribution in [0.2, 0.25) is 0 Å². The van der Waals surface area contributed by atoms with Crippen molar-refractivity contribution in [1.82, 2.24) is 19.9 Å². The number of pyridine rings is 1. The zero-order valence-electron chi connectivity index (χ0n) is 35.2. The zero-order valence-corrected chi connectivity index (χ0v) is 35.2. The third kappa shape index (κ3) is 5.71. The lowest BCUT2D eigenvalue weighted by atomic mass is 9.69. The molecule has 4 heteroatoms. The Hall–Kier alpha value is -8.60. The topological polar surface area (TPSA) is 51.6 Å². The van der Waals surface area contributed by atoms with E-state index >= 15 is 0 Å². The minimum atomic E-state index is -0.562. The molecule has 0 bridgehead atoms. The summed E-state index contributed by atoms with van der Waals surface area (Å²) in [7, 11) is 0. The van der Waals surface area contributed by atoms with Crippen LogP contribution in [-0.4, -0.2) is 19.9 Å². The van der Waals surface area contributed by atoms with Crippen LogP contribution in [0.15, 0.2) is 231 Å². The number of rotatable bonds is 6. The van der Waals surface area contributed by atoms with Crippen LogP contribution in [0.25, 0.3) is 101 Å². The fraction of sp³-hybridized carbons (Fsp3) is 0.0164. The van der Waals surface area contributed by atoms with Crippen LogP contribution in [-0.2, 0) is 5.41 Å². The van der Waals surface area contributed by atoms with Gasteiger partial charge in [0, 0.05) is 33.2 Å². The lowest BCUT2D eigenvalue weighted by Gasteiger charge is -2.31. The number of hydrogen-bond acceptors (Lipinski definition) is 4. The molecule has 0 amide bonds. The van der Waals surface area contributed by atoms with Crippen LogP contribution in [0.5, 0.6) is 0 Å². The molecule has 4 nitrogen and oxygen atoms in total. The molecular formula is C61H38N4. The molecular weight excluding hydrogens is 789 g/mol. The van der Waals surface area contributed by atoms with Crippen LogP contribution >= 0.6 is 0 Å². The van der Waals surface area contributed by atoms with Crippen molar-refractivity contribution in [3.63, 3.8) is 0 Å². The van der Waals surface area contributed by atoms with Gasteiger partial charge in [-0.25, -0.2) is 19.9 Å².